The molecule has 2 saturated heterocycles. The van der Waals surface area contributed by atoms with Crippen LogP contribution in [0.15, 0.2) is 72.9 Å². The van der Waals surface area contributed by atoms with Crippen molar-refractivity contribution in [3.63, 3.8) is 0 Å². The number of aromatic nitrogens is 4. The number of fused-ring (bicyclic) bond motifs is 1. The van der Waals surface area contributed by atoms with Gasteiger partial charge in [0.2, 0.25) is 11.8 Å². The zero-order valence-electron chi connectivity index (χ0n) is 35.6. The topological polar surface area (TPSA) is 177 Å². The monoisotopic (exact) mass is 816 g/mol. The fraction of sp³-hybridized carbons (Fsp3) is 0.435. The summed E-state index contributed by atoms with van der Waals surface area (Å²) in [6.45, 7) is 12.9. The summed E-state index contributed by atoms with van der Waals surface area (Å²) in [4.78, 5) is 72.7. The summed E-state index contributed by atoms with van der Waals surface area (Å²) >= 11 is 0. The van der Waals surface area contributed by atoms with Crippen molar-refractivity contribution in [1.82, 2.24) is 40.0 Å². The summed E-state index contributed by atoms with van der Waals surface area (Å²) in [6, 6.07) is 20.9. The zero-order chi connectivity index (χ0) is 43.0. The van der Waals surface area contributed by atoms with E-state index in [1.807, 2.05) is 38.7 Å². The molecule has 2 aliphatic heterocycles. The SMILES string of the molecule is COC(=O)NC(C(=O)N1C[C@@H](C)C[C@H]1c1nc2ccc(-c3ccc(-c4ccc(-c5cnc([C@@H]6C[C@H](C)CN6C(=O)C(C(C)C)N(C)C(=O)O)[nH]5)cc4)cc3)cc2[nH]1)C(C)C. The molecular formula is C46H56N8O6. The standard InChI is InChI=1S/C46H56N8O6/c1-25(2)39(51-45(57)60-8)43(55)53-23-28(6)20-38(53)42-48-34-18-17-33(21-35(34)49-42)31-11-9-29(10-12-31)30-13-15-32(16-14-30)36-22-47-41(50-36)37-19-27(5)24-54(37)44(56)40(26(3)4)52(7)46(58)59/h9-18,21-22,25-28,37-40H,19-20,23-24H2,1-8H3,(H,47,50)(H,48,49)(H,51,57)(H,58,59)/t27-,28-,37-,38-,39?,40?/m0/s1. The molecule has 3 aromatic carbocycles. The number of ether oxygens (including phenoxy) is 1. The second-order valence-electron chi connectivity index (χ2n) is 17.3. The Morgan fingerprint density at radius 3 is 1.85 bits per heavy atom. The van der Waals surface area contributed by atoms with E-state index in [-0.39, 0.29) is 47.6 Å². The first-order chi connectivity index (χ1) is 28.6. The second-order valence-corrected chi connectivity index (χ2v) is 17.3. The molecule has 0 bridgehead atoms. The minimum absolute atomic E-state index is 0.118. The first-order valence-electron chi connectivity index (χ1n) is 20.8. The molecule has 60 heavy (non-hydrogen) atoms. The third-order valence-electron chi connectivity index (χ3n) is 12.1. The molecule has 0 aliphatic carbocycles. The fourth-order valence-electron chi connectivity index (χ4n) is 8.88. The molecule has 0 radical (unpaired) electrons. The quantitative estimate of drug-likeness (QED) is 0.103. The van der Waals surface area contributed by atoms with Gasteiger partial charge in [-0.05, 0) is 76.5 Å². The highest BCUT2D eigenvalue weighted by atomic mass is 16.5. The van der Waals surface area contributed by atoms with E-state index < -0.39 is 24.3 Å². The van der Waals surface area contributed by atoms with Crippen molar-refractivity contribution < 1.29 is 29.0 Å². The Hall–Kier alpha value is -6.18. The van der Waals surface area contributed by atoms with Crippen LogP contribution < -0.4 is 5.32 Å². The summed E-state index contributed by atoms with van der Waals surface area (Å²) in [7, 11) is 2.75. The molecule has 316 valence electrons. The molecule has 14 heteroatoms. The van der Waals surface area contributed by atoms with Gasteiger partial charge in [0.15, 0.2) is 0 Å². The van der Waals surface area contributed by atoms with Crippen LogP contribution >= 0.6 is 0 Å². The van der Waals surface area contributed by atoms with Crippen molar-refractivity contribution in [3.8, 4) is 33.5 Å². The van der Waals surface area contributed by atoms with Gasteiger partial charge in [-0.25, -0.2) is 19.6 Å². The molecule has 2 aromatic heterocycles. The van der Waals surface area contributed by atoms with E-state index in [0.29, 0.717) is 18.9 Å². The van der Waals surface area contributed by atoms with Gasteiger partial charge in [-0.15, -0.1) is 0 Å². The van der Waals surface area contributed by atoms with E-state index in [9.17, 15) is 24.3 Å². The van der Waals surface area contributed by atoms with Crippen LogP contribution in [0.5, 0.6) is 0 Å². The predicted molar refractivity (Wildman–Crippen MR) is 230 cm³/mol. The number of benzene rings is 3. The minimum Gasteiger partial charge on any atom is -0.465 e. The number of rotatable bonds is 11. The number of hydrogen-bond donors (Lipinski definition) is 4. The molecule has 0 spiro atoms. The maximum atomic E-state index is 13.8. The molecule has 0 saturated carbocycles. The van der Waals surface area contributed by atoms with Crippen molar-refractivity contribution in [2.45, 2.75) is 78.6 Å². The molecule has 4 amide bonds. The molecule has 7 rings (SSSR count). The molecule has 5 aromatic rings. The lowest BCUT2D eigenvalue weighted by Gasteiger charge is -2.33. The first kappa shape index (κ1) is 42.0. The molecule has 4 heterocycles. The number of aromatic amines is 2. The van der Waals surface area contributed by atoms with E-state index >= 15 is 0 Å². The van der Waals surface area contributed by atoms with Crippen LogP contribution in [0.1, 0.15) is 78.1 Å². The number of hydrogen-bond acceptors (Lipinski definition) is 7. The van der Waals surface area contributed by atoms with Gasteiger partial charge in [0.05, 0.1) is 42.1 Å². The Morgan fingerprint density at radius 2 is 1.30 bits per heavy atom. The second kappa shape index (κ2) is 17.2. The van der Waals surface area contributed by atoms with E-state index in [0.717, 1.165) is 68.1 Å². The van der Waals surface area contributed by atoms with Crippen LogP contribution in [0.3, 0.4) is 0 Å². The molecule has 2 fully saturated rings. The lowest BCUT2D eigenvalue weighted by molar-refractivity contribution is -0.138. The maximum Gasteiger partial charge on any atom is 0.407 e. The highest BCUT2D eigenvalue weighted by Crippen LogP contribution is 2.38. The number of nitrogens with one attached hydrogen (secondary N) is 3. The minimum atomic E-state index is -1.13. The van der Waals surface area contributed by atoms with Crippen molar-refractivity contribution in [2.24, 2.45) is 23.7 Å². The number of likely N-dealkylation sites (tertiary alicyclic amines) is 2. The Labute approximate surface area is 350 Å². The zero-order valence-corrected chi connectivity index (χ0v) is 35.6. The number of likely N-dealkylation sites (N-methyl/N-ethyl adjacent to an activating group) is 1. The van der Waals surface area contributed by atoms with E-state index in [1.165, 1.54) is 14.2 Å². The van der Waals surface area contributed by atoms with Gasteiger partial charge in [-0.1, -0.05) is 96.1 Å². The average Bonchev–Trinajstić information content (AvgIpc) is 4.05. The van der Waals surface area contributed by atoms with Crippen molar-refractivity contribution in [3.05, 3.63) is 84.6 Å². The van der Waals surface area contributed by atoms with E-state index in [4.69, 9.17) is 14.7 Å². The number of amides is 4. The van der Waals surface area contributed by atoms with Crippen LogP contribution in [0.2, 0.25) is 0 Å². The number of H-pyrrole nitrogens is 2. The number of nitrogens with zero attached hydrogens (tertiary/aromatic N) is 5. The number of alkyl carbamates (subject to hydrolysis) is 1. The number of methoxy groups -OCH3 is 1. The summed E-state index contributed by atoms with van der Waals surface area (Å²) < 4.78 is 4.79. The fourth-order valence-corrected chi connectivity index (χ4v) is 8.88. The number of carbonyl (C=O) groups is 4. The third kappa shape index (κ3) is 8.45. The Balaban J connectivity index is 1.04. The van der Waals surface area contributed by atoms with Gasteiger partial charge in [0.1, 0.15) is 23.7 Å². The summed E-state index contributed by atoms with van der Waals surface area (Å²) in [5, 5.41) is 12.4. The average molecular weight is 817 g/mol. The lowest BCUT2D eigenvalue weighted by Crippen LogP contribution is -2.51. The van der Waals surface area contributed by atoms with Crippen molar-refractivity contribution in [2.75, 3.05) is 27.2 Å². The molecule has 6 atom stereocenters. The van der Waals surface area contributed by atoms with Gasteiger partial charge in [-0.3, -0.25) is 14.5 Å². The van der Waals surface area contributed by atoms with Gasteiger partial charge in [-0.2, -0.15) is 0 Å². The largest absolute Gasteiger partial charge is 0.465 e. The summed E-state index contributed by atoms with van der Waals surface area (Å²) in [6.07, 6.45) is 1.55. The first-order valence-corrected chi connectivity index (χ1v) is 20.8. The third-order valence-corrected chi connectivity index (χ3v) is 12.1. The van der Waals surface area contributed by atoms with Crippen LogP contribution in [0.25, 0.3) is 44.5 Å². The number of imidazole rings is 2. The molecule has 4 N–H and O–H groups in total. The predicted octanol–water partition coefficient (Wildman–Crippen LogP) is 8.12. The lowest BCUT2D eigenvalue weighted by atomic mass is 9.99. The van der Waals surface area contributed by atoms with Crippen LogP contribution in [0.4, 0.5) is 9.59 Å². The van der Waals surface area contributed by atoms with Crippen molar-refractivity contribution in [1.29, 1.82) is 0 Å². The Bertz CT molecular complexity index is 2350. The molecular weight excluding hydrogens is 761 g/mol. The maximum absolute atomic E-state index is 13.8. The number of carbonyl (C=O) groups excluding carboxylic acids is 3. The van der Waals surface area contributed by atoms with Crippen LogP contribution in [0, 0.1) is 23.7 Å². The molecule has 2 aliphatic rings. The smallest absolute Gasteiger partial charge is 0.407 e. The molecule has 2 unspecified atom stereocenters. The van der Waals surface area contributed by atoms with Gasteiger partial charge in [0.25, 0.3) is 0 Å². The van der Waals surface area contributed by atoms with Crippen LogP contribution in [-0.2, 0) is 14.3 Å². The van der Waals surface area contributed by atoms with Crippen LogP contribution in [-0.4, -0.2) is 103 Å². The number of carboxylic acid groups (broad SMARTS) is 1. The Kier molecular flexibility index (Phi) is 12.0. The normalized spacial score (nSPS) is 20.2. The van der Waals surface area contributed by atoms with Gasteiger partial charge < -0.3 is 34.9 Å². The highest BCUT2D eigenvalue weighted by Gasteiger charge is 2.42. The summed E-state index contributed by atoms with van der Waals surface area (Å²) in [5.74, 6) is 1.32. The Morgan fingerprint density at radius 1 is 0.767 bits per heavy atom. The van der Waals surface area contributed by atoms with E-state index in [1.54, 1.807) is 11.1 Å². The highest BCUT2D eigenvalue weighted by molar-refractivity contribution is 5.88. The van der Waals surface area contributed by atoms with Gasteiger partial charge in [0, 0.05) is 20.1 Å². The van der Waals surface area contributed by atoms with Crippen molar-refractivity contribution >= 4 is 35.0 Å². The summed E-state index contributed by atoms with van der Waals surface area (Å²) in [5.41, 5.74) is 7.75. The van der Waals surface area contributed by atoms with Gasteiger partial charge >= 0.3 is 12.2 Å². The molecule has 14 nitrogen and oxygen atoms in total. The van der Waals surface area contributed by atoms with E-state index in [2.05, 4.69) is 89.8 Å².